The van der Waals surface area contributed by atoms with Gasteiger partial charge >= 0.3 is 12.1 Å². The fourth-order valence-corrected chi connectivity index (χ4v) is 4.99. The topological polar surface area (TPSA) is 79.3 Å². The molecule has 5 nitrogen and oxygen atoms in total. The molecule has 1 saturated carbocycles. The number of alkyl halides is 3. The van der Waals surface area contributed by atoms with Crippen molar-refractivity contribution >= 4 is 34.8 Å². The molecular weight excluding hydrogens is 489 g/mol. The zero-order valence-electron chi connectivity index (χ0n) is 17.7. The first-order valence-corrected chi connectivity index (χ1v) is 11.7. The molecule has 0 bridgehead atoms. The van der Waals surface area contributed by atoms with Crippen LogP contribution in [-0.2, 0) is 27.7 Å². The molecule has 1 atom stereocenters. The van der Waals surface area contributed by atoms with Gasteiger partial charge in [-0.05, 0) is 43.0 Å². The Labute approximate surface area is 202 Å². The molecule has 4 rings (SSSR count). The molecule has 178 valence electrons. The Kier molecular flexibility index (Phi) is 6.69. The van der Waals surface area contributed by atoms with E-state index in [0.717, 1.165) is 17.7 Å². The molecule has 2 aromatic carbocycles. The van der Waals surface area contributed by atoms with Crippen LogP contribution in [0.5, 0.6) is 0 Å². The van der Waals surface area contributed by atoms with E-state index in [2.05, 4.69) is 10.3 Å². The number of aliphatic carboxylic acids is 1. The van der Waals surface area contributed by atoms with Gasteiger partial charge < -0.3 is 10.4 Å². The van der Waals surface area contributed by atoms with E-state index in [-0.39, 0.29) is 23.4 Å². The molecule has 1 aromatic heterocycles. The van der Waals surface area contributed by atoms with Crippen molar-refractivity contribution in [2.45, 2.75) is 37.4 Å². The molecule has 2 N–H and O–H groups in total. The van der Waals surface area contributed by atoms with Crippen molar-refractivity contribution < 1.29 is 27.9 Å². The van der Waals surface area contributed by atoms with E-state index < -0.39 is 35.1 Å². The molecule has 1 aliphatic rings. The highest BCUT2D eigenvalue weighted by Crippen LogP contribution is 2.48. The highest BCUT2D eigenvalue weighted by molar-refractivity contribution is 7.10. The lowest BCUT2D eigenvalue weighted by molar-refractivity contribution is -0.141. The van der Waals surface area contributed by atoms with E-state index in [9.17, 15) is 27.9 Å². The summed E-state index contributed by atoms with van der Waals surface area (Å²) in [6.07, 6.45) is -3.35. The molecule has 0 saturated heterocycles. The molecule has 10 heteroatoms. The first kappa shape index (κ1) is 24.2. The summed E-state index contributed by atoms with van der Waals surface area (Å²) in [4.78, 5) is 28.9. The monoisotopic (exact) mass is 508 g/mol. The highest BCUT2D eigenvalue weighted by Gasteiger charge is 2.49. The number of hydrogen-bond acceptors (Lipinski definition) is 4. The molecule has 1 aliphatic carbocycles. The number of aromatic nitrogens is 1. The summed E-state index contributed by atoms with van der Waals surface area (Å²) in [5.74, 6) is -2.23. The van der Waals surface area contributed by atoms with Crippen molar-refractivity contribution in [3.05, 3.63) is 75.1 Å². The summed E-state index contributed by atoms with van der Waals surface area (Å²) in [5, 5.41) is 14.6. The Morgan fingerprint density at radius 3 is 2.50 bits per heavy atom. The average molecular weight is 509 g/mol. The number of benzene rings is 2. The summed E-state index contributed by atoms with van der Waals surface area (Å²) in [6.45, 7) is 0. The van der Waals surface area contributed by atoms with Crippen LogP contribution in [-0.4, -0.2) is 22.0 Å². The molecule has 1 amide bonds. The van der Waals surface area contributed by atoms with Crippen LogP contribution in [0.2, 0.25) is 5.02 Å². The number of amides is 1. The van der Waals surface area contributed by atoms with E-state index >= 15 is 0 Å². The van der Waals surface area contributed by atoms with Crippen LogP contribution in [0.3, 0.4) is 0 Å². The fourth-order valence-electron chi connectivity index (χ4n) is 3.74. The van der Waals surface area contributed by atoms with E-state index in [1.165, 1.54) is 17.4 Å². The second kappa shape index (κ2) is 9.38. The maximum absolute atomic E-state index is 13.1. The first-order chi connectivity index (χ1) is 16.1. The van der Waals surface area contributed by atoms with E-state index in [0.29, 0.717) is 23.5 Å². The van der Waals surface area contributed by atoms with E-state index in [4.69, 9.17) is 11.6 Å². The SMILES string of the molecule is O=C(O)C[C@@H](Cc1ccccc1)C(=O)NC1(c2nc(-c3cc(C(F)(F)F)ccc3Cl)cs2)CC1. The quantitative estimate of drug-likeness (QED) is 0.396. The molecule has 1 fully saturated rings. The third-order valence-corrected chi connectivity index (χ3v) is 7.09. The summed E-state index contributed by atoms with van der Waals surface area (Å²) < 4.78 is 39.4. The third-order valence-electron chi connectivity index (χ3n) is 5.71. The predicted molar refractivity (Wildman–Crippen MR) is 123 cm³/mol. The van der Waals surface area contributed by atoms with Crippen molar-refractivity contribution in [1.29, 1.82) is 0 Å². The summed E-state index contributed by atoms with van der Waals surface area (Å²) >= 11 is 7.37. The number of rotatable bonds is 8. The van der Waals surface area contributed by atoms with Crippen molar-refractivity contribution in [1.82, 2.24) is 10.3 Å². The fraction of sp³-hybridized carbons (Fsp3) is 0.292. The van der Waals surface area contributed by atoms with Crippen LogP contribution >= 0.6 is 22.9 Å². The van der Waals surface area contributed by atoms with Crippen LogP contribution in [0.4, 0.5) is 13.2 Å². The zero-order valence-corrected chi connectivity index (χ0v) is 19.3. The molecule has 0 spiro atoms. The molecule has 1 heterocycles. The van der Waals surface area contributed by atoms with Gasteiger partial charge in [0, 0.05) is 10.9 Å². The number of carbonyl (C=O) groups excluding carboxylic acids is 1. The zero-order chi connectivity index (χ0) is 24.5. The standard InChI is InChI=1S/C24H20ClF3N2O3S/c25-18-7-6-16(24(26,27)28)12-17(18)19-13-34-22(29-19)23(8-9-23)30-21(33)15(11-20(31)32)10-14-4-2-1-3-5-14/h1-7,12-13,15H,8-11H2,(H,30,33)(H,31,32)/t15-/m1/s1. The lowest BCUT2D eigenvalue weighted by Gasteiger charge is -2.20. The summed E-state index contributed by atoms with van der Waals surface area (Å²) in [5.41, 5.74) is -0.267. The maximum atomic E-state index is 13.1. The number of carboxylic acids is 1. The predicted octanol–water partition coefficient (Wildman–Crippen LogP) is 5.92. The van der Waals surface area contributed by atoms with Gasteiger partial charge in [-0.1, -0.05) is 41.9 Å². The van der Waals surface area contributed by atoms with Crippen LogP contribution in [0, 0.1) is 5.92 Å². The highest BCUT2D eigenvalue weighted by atomic mass is 35.5. The van der Waals surface area contributed by atoms with Gasteiger partial charge in [0.25, 0.3) is 0 Å². The maximum Gasteiger partial charge on any atom is 0.416 e. The number of hydrogen-bond donors (Lipinski definition) is 2. The van der Waals surface area contributed by atoms with Gasteiger partial charge in [-0.3, -0.25) is 9.59 Å². The van der Waals surface area contributed by atoms with E-state index in [1.807, 2.05) is 30.3 Å². The van der Waals surface area contributed by atoms with E-state index in [1.54, 1.807) is 5.38 Å². The Balaban J connectivity index is 1.54. The molecule has 3 aromatic rings. The van der Waals surface area contributed by atoms with Gasteiger partial charge in [0.2, 0.25) is 5.91 Å². The van der Waals surface area contributed by atoms with Crippen LogP contribution in [0.1, 0.15) is 35.4 Å². The number of thiazole rings is 1. The molecule has 0 unspecified atom stereocenters. The molecule has 0 radical (unpaired) electrons. The number of halogens is 4. The lowest BCUT2D eigenvalue weighted by atomic mass is 9.95. The largest absolute Gasteiger partial charge is 0.481 e. The normalized spacial score (nSPS) is 15.5. The molecule has 0 aliphatic heterocycles. The van der Waals surface area contributed by atoms with Crippen LogP contribution in [0.25, 0.3) is 11.3 Å². The Bertz CT molecular complexity index is 1210. The van der Waals surface area contributed by atoms with Gasteiger partial charge in [0.15, 0.2) is 0 Å². The number of nitrogens with one attached hydrogen (secondary N) is 1. The van der Waals surface area contributed by atoms with Crippen molar-refractivity contribution in [3.63, 3.8) is 0 Å². The van der Waals surface area contributed by atoms with Crippen molar-refractivity contribution in [3.8, 4) is 11.3 Å². The molecular formula is C24H20ClF3N2O3S. The number of nitrogens with zero attached hydrogens (tertiary/aromatic N) is 1. The molecule has 34 heavy (non-hydrogen) atoms. The minimum absolute atomic E-state index is 0.142. The van der Waals surface area contributed by atoms with Crippen LogP contribution < -0.4 is 5.32 Å². The second-order valence-corrected chi connectivity index (χ2v) is 9.55. The summed E-state index contributed by atoms with van der Waals surface area (Å²) in [6, 6.07) is 12.2. The van der Waals surface area contributed by atoms with Gasteiger partial charge in [-0.15, -0.1) is 11.3 Å². The average Bonchev–Trinajstić information content (AvgIpc) is 3.37. The second-order valence-electron chi connectivity index (χ2n) is 8.29. The Morgan fingerprint density at radius 1 is 1.18 bits per heavy atom. The lowest BCUT2D eigenvalue weighted by Crippen LogP contribution is -2.40. The Morgan fingerprint density at radius 2 is 1.88 bits per heavy atom. The number of carboxylic acid groups (broad SMARTS) is 1. The van der Waals surface area contributed by atoms with Gasteiger partial charge in [-0.2, -0.15) is 13.2 Å². The minimum atomic E-state index is -4.51. The summed E-state index contributed by atoms with van der Waals surface area (Å²) in [7, 11) is 0. The smallest absolute Gasteiger partial charge is 0.416 e. The minimum Gasteiger partial charge on any atom is -0.481 e. The van der Waals surface area contributed by atoms with Gasteiger partial charge in [-0.25, -0.2) is 4.98 Å². The first-order valence-electron chi connectivity index (χ1n) is 10.5. The third kappa shape index (κ3) is 5.42. The van der Waals surface area contributed by atoms with Gasteiger partial charge in [0.1, 0.15) is 5.01 Å². The van der Waals surface area contributed by atoms with Crippen molar-refractivity contribution in [2.24, 2.45) is 5.92 Å². The number of carbonyl (C=O) groups is 2. The Hall–Kier alpha value is -2.91. The van der Waals surface area contributed by atoms with Crippen molar-refractivity contribution in [2.75, 3.05) is 0 Å². The van der Waals surface area contributed by atoms with Crippen LogP contribution in [0.15, 0.2) is 53.9 Å². The van der Waals surface area contributed by atoms with Gasteiger partial charge in [0.05, 0.1) is 34.2 Å².